The highest BCUT2D eigenvalue weighted by Gasteiger charge is 2.58. The molecule has 4 rings (SSSR count). The summed E-state index contributed by atoms with van der Waals surface area (Å²) in [6.45, 7) is 9.97. The lowest BCUT2D eigenvalue weighted by Crippen LogP contribution is -2.50. The SMILES string of the molecule is CC(C)CCCC1CCC2C3CC=C4CC(O)CC[C@]4(C)C3CC[C@]12C. The third-order valence-electron chi connectivity index (χ3n) is 9.61. The van der Waals surface area contributed by atoms with Gasteiger partial charge in [-0.2, -0.15) is 0 Å². The third-order valence-corrected chi connectivity index (χ3v) is 9.61. The Labute approximate surface area is 162 Å². The van der Waals surface area contributed by atoms with Crippen LogP contribution in [-0.2, 0) is 0 Å². The molecule has 1 N–H and O–H groups in total. The van der Waals surface area contributed by atoms with E-state index in [-0.39, 0.29) is 6.10 Å². The molecule has 0 spiro atoms. The van der Waals surface area contributed by atoms with Crippen molar-refractivity contribution in [2.45, 2.75) is 104 Å². The molecule has 4 aliphatic carbocycles. The van der Waals surface area contributed by atoms with Crippen LogP contribution in [0.15, 0.2) is 11.6 Å². The molecular formula is C25H42O. The van der Waals surface area contributed by atoms with Gasteiger partial charge in [0.25, 0.3) is 0 Å². The molecule has 0 aromatic rings. The van der Waals surface area contributed by atoms with Crippen LogP contribution in [0.5, 0.6) is 0 Å². The zero-order valence-corrected chi connectivity index (χ0v) is 17.8. The fourth-order valence-electron chi connectivity index (χ4n) is 8.00. The summed E-state index contributed by atoms with van der Waals surface area (Å²) in [4.78, 5) is 0. The molecule has 4 aliphatic rings. The Morgan fingerprint density at radius 1 is 1.08 bits per heavy atom. The lowest BCUT2D eigenvalue weighted by atomic mass is 9.47. The maximum Gasteiger partial charge on any atom is 0.0577 e. The van der Waals surface area contributed by atoms with E-state index < -0.39 is 0 Å². The molecule has 0 amide bonds. The smallest absolute Gasteiger partial charge is 0.0577 e. The summed E-state index contributed by atoms with van der Waals surface area (Å²) in [6, 6.07) is 0. The predicted octanol–water partition coefficient (Wildman–Crippen LogP) is 6.75. The molecule has 5 unspecified atom stereocenters. The minimum absolute atomic E-state index is 0.0726. The summed E-state index contributed by atoms with van der Waals surface area (Å²) >= 11 is 0. The maximum absolute atomic E-state index is 10.2. The van der Waals surface area contributed by atoms with E-state index in [1.54, 1.807) is 5.57 Å². The molecule has 148 valence electrons. The first kappa shape index (κ1) is 19.0. The Morgan fingerprint density at radius 3 is 2.65 bits per heavy atom. The maximum atomic E-state index is 10.2. The van der Waals surface area contributed by atoms with E-state index in [1.165, 1.54) is 57.8 Å². The van der Waals surface area contributed by atoms with Crippen molar-refractivity contribution >= 4 is 0 Å². The van der Waals surface area contributed by atoms with Gasteiger partial charge >= 0.3 is 0 Å². The first-order valence-electron chi connectivity index (χ1n) is 11.7. The van der Waals surface area contributed by atoms with E-state index in [1.807, 2.05) is 0 Å². The summed E-state index contributed by atoms with van der Waals surface area (Å²) in [6.07, 6.45) is 17.3. The summed E-state index contributed by atoms with van der Waals surface area (Å²) in [7, 11) is 0. The summed E-state index contributed by atoms with van der Waals surface area (Å²) in [5, 5.41) is 10.2. The Balaban J connectivity index is 1.51. The van der Waals surface area contributed by atoms with Crippen molar-refractivity contribution in [1.29, 1.82) is 0 Å². The number of fused-ring (bicyclic) bond motifs is 5. The molecule has 3 saturated carbocycles. The summed E-state index contributed by atoms with van der Waals surface area (Å²) in [5.41, 5.74) is 2.64. The standard InChI is InChI=1S/C25H42O/c1-17(2)6-5-7-18-9-11-22-21-10-8-19-16-20(26)12-14-25(19,4)23(21)13-15-24(18,22)3/h8,17-18,20-23,26H,5-7,9-16H2,1-4H3/t18?,20?,21?,22?,23?,24-,25+/m1/s1. The Kier molecular flexibility index (Phi) is 5.08. The fourth-order valence-corrected chi connectivity index (χ4v) is 8.00. The molecule has 0 radical (unpaired) electrons. The van der Waals surface area contributed by atoms with Gasteiger partial charge in [-0.1, -0.05) is 52.2 Å². The van der Waals surface area contributed by atoms with Gasteiger partial charge in [-0.15, -0.1) is 0 Å². The summed E-state index contributed by atoms with van der Waals surface area (Å²) < 4.78 is 0. The van der Waals surface area contributed by atoms with Crippen molar-refractivity contribution in [3.05, 3.63) is 11.6 Å². The Morgan fingerprint density at radius 2 is 1.88 bits per heavy atom. The predicted molar refractivity (Wildman–Crippen MR) is 110 cm³/mol. The van der Waals surface area contributed by atoms with Gasteiger partial charge in [0.2, 0.25) is 0 Å². The fraction of sp³-hybridized carbons (Fsp3) is 0.920. The molecule has 26 heavy (non-hydrogen) atoms. The number of allylic oxidation sites excluding steroid dienone is 1. The van der Waals surface area contributed by atoms with Gasteiger partial charge < -0.3 is 5.11 Å². The van der Waals surface area contributed by atoms with Crippen LogP contribution in [0, 0.1) is 40.4 Å². The number of rotatable bonds is 4. The van der Waals surface area contributed by atoms with E-state index in [0.29, 0.717) is 10.8 Å². The van der Waals surface area contributed by atoms with Gasteiger partial charge in [-0.25, -0.2) is 0 Å². The van der Waals surface area contributed by atoms with E-state index >= 15 is 0 Å². The van der Waals surface area contributed by atoms with Gasteiger partial charge in [0.05, 0.1) is 6.10 Å². The second-order valence-corrected chi connectivity index (χ2v) is 11.3. The average molecular weight is 359 g/mol. The van der Waals surface area contributed by atoms with E-state index in [0.717, 1.165) is 42.4 Å². The third kappa shape index (κ3) is 3.01. The lowest BCUT2D eigenvalue weighted by Gasteiger charge is -2.58. The van der Waals surface area contributed by atoms with Crippen molar-refractivity contribution in [2.24, 2.45) is 40.4 Å². The topological polar surface area (TPSA) is 20.2 Å². The van der Waals surface area contributed by atoms with Crippen LogP contribution < -0.4 is 0 Å². The van der Waals surface area contributed by atoms with Crippen molar-refractivity contribution in [2.75, 3.05) is 0 Å². The molecule has 3 fully saturated rings. The van der Waals surface area contributed by atoms with Crippen LogP contribution in [0.4, 0.5) is 0 Å². The first-order chi connectivity index (χ1) is 12.3. The van der Waals surface area contributed by atoms with E-state index in [4.69, 9.17) is 0 Å². The number of aliphatic hydroxyl groups excluding tert-OH is 1. The zero-order chi connectivity index (χ0) is 18.5. The van der Waals surface area contributed by atoms with E-state index in [9.17, 15) is 5.11 Å². The largest absolute Gasteiger partial charge is 0.393 e. The van der Waals surface area contributed by atoms with E-state index in [2.05, 4.69) is 33.8 Å². The molecule has 0 heterocycles. The summed E-state index contributed by atoms with van der Waals surface area (Å²) in [5.74, 6) is 4.62. The van der Waals surface area contributed by atoms with Crippen LogP contribution in [-0.4, -0.2) is 11.2 Å². The lowest BCUT2D eigenvalue weighted by molar-refractivity contribution is -0.0509. The monoisotopic (exact) mass is 358 g/mol. The van der Waals surface area contributed by atoms with Gasteiger partial charge in [0.1, 0.15) is 0 Å². The first-order valence-corrected chi connectivity index (χ1v) is 11.7. The second kappa shape index (κ2) is 6.94. The quantitative estimate of drug-likeness (QED) is 0.551. The molecule has 1 nitrogen and oxygen atoms in total. The minimum Gasteiger partial charge on any atom is -0.393 e. The average Bonchev–Trinajstić information content (AvgIpc) is 2.92. The molecule has 0 aromatic heterocycles. The van der Waals surface area contributed by atoms with Crippen LogP contribution >= 0.6 is 0 Å². The molecule has 0 bridgehead atoms. The molecular weight excluding hydrogens is 316 g/mol. The highest BCUT2D eigenvalue weighted by Crippen LogP contribution is 2.66. The van der Waals surface area contributed by atoms with Crippen molar-refractivity contribution in [3.8, 4) is 0 Å². The van der Waals surface area contributed by atoms with Crippen molar-refractivity contribution in [1.82, 2.24) is 0 Å². The molecule has 1 heteroatoms. The van der Waals surface area contributed by atoms with Gasteiger partial charge in [0.15, 0.2) is 0 Å². The number of hydrogen-bond donors (Lipinski definition) is 1. The normalized spacial score (nSPS) is 47.9. The highest BCUT2D eigenvalue weighted by molar-refractivity contribution is 5.25. The van der Waals surface area contributed by atoms with Crippen LogP contribution in [0.1, 0.15) is 98.3 Å². The minimum atomic E-state index is -0.0726. The second-order valence-electron chi connectivity index (χ2n) is 11.3. The van der Waals surface area contributed by atoms with Crippen LogP contribution in [0.25, 0.3) is 0 Å². The van der Waals surface area contributed by atoms with Gasteiger partial charge in [-0.05, 0) is 98.2 Å². The Hall–Kier alpha value is -0.300. The number of hydrogen-bond acceptors (Lipinski definition) is 1. The molecule has 0 aromatic carbocycles. The molecule has 7 atom stereocenters. The van der Waals surface area contributed by atoms with Crippen LogP contribution in [0.3, 0.4) is 0 Å². The van der Waals surface area contributed by atoms with Crippen molar-refractivity contribution < 1.29 is 5.11 Å². The van der Waals surface area contributed by atoms with Crippen molar-refractivity contribution in [3.63, 3.8) is 0 Å². The highest BCUT2D eigenvalue weighted by atomic mass is 16.3. The zero-order valence-electron chi connectivity index (χ0n) is 17.8. The van der Waals surface area contributed by atoms with Gasteiger partial charge in [-0.3, -0.25) is 0 Å². The number of aliphatic hydroxyl groups is 1. The van der Waals surface area contributed by atoms with Crippen LogP contribution in [0.2, 0.25) is 0 Å². The van der Waals surface area contributed by atoms with Gasteiger partial charge in [0, 0.05) is 0 Å². The molecule has 0 saturated heterocycles. The molecule has 0 aliphatic heterocycles. The Bertz CT molecular complexity index is 548.